The Labute approximate surface area is 207 Å². The highest BCUT2D eigenvalue weighted by molar-refractivity contribution is 8.01. The average Bonchev–Trinajstić information content (AvgIpc) is 3.60. The van der Waals surface area contributed by atoms with Crippen molar-refractivity contribution in [1.29, 1.82) is 0 Å². The van der Waals surface area contributed by atoms with Crippen molar-refractivity contribution < 1.29 is 19.3 Å². The quantitative estimate of drug-likeness (QED) is 0.174. The van der Waals surface area contributed by atoms with Crippen molar-refractivity contribution in [3.05, 3.63) is 64.7 Å². The number of nitro groups is 1. The zero-order valence-electron chi connectivity index (χ0n) is 18.1. The van der Waals surface area contributed by atoms with Crippen LogP contribution < -0.4 is 10.2 Å². The first-order chi connectivity index (χ1) is 16.9. The van der Waals surface area contributed by atoms with Gasteiger partial charge in [-0.1, -0.05) is 36.0 Å². The fourth-order valence-electron chi connectivity index (χ4n) is 5.30. The van der Waals surface area contributed by atoms with Crippen molar-refractivity contribution in [2.24, 2.45) is 23.7 Å². The Morgan fingerprint density at radius 3 is 2.57 bits per heavy atom. The molecule has 3 amide bonds. The highest BCUT2D eigenvalue weighted by Gasteiger charge is 2.59. The van der Waals surface area contributed by atoms with Gasteiger partial charge in [-0.05, 0) is 42.5 Å². The maximum absolute atomic E-state index is 13.1. The molecule has 1 saturated carbocycles. The monoisotopic (exact) mass is 506 g/mol. The average molecular weight is 507 g/mol. The molecule has 2 aromatic carbocycles. The van der Waals surface area contributed by atoms with Gasteiger partial charge in [0.1, 0.15) is 5.69 Å². The van der Waals surface area contributed by atoms with Gasteiger partial charge in [0.15, 0.2) is 4.34 Å². The summed E-state index contributed by atoms with van der Waals surface area (Å²) in [6.07, 6.45) is 5.03. The molecule has 2 fully saturated rings. The lowest BCUT2D eigenvalue weighted by Gasteiger charge is -2.17. The summed E-state index contributed by atoms with van der Waals surface area (Å²) in [5.41, 5.74) is 1.24. The molecule has 0 radical (unpaired) electrons. The van der Waals surface area contributed by atoms with Crippen molar-refractivity contribution in [3.8, 4) is 0 Å². The summed E-state index contributed by atoms with van der Waals surface area (Å²) in [5, 5.41) is 13.7. The Kier molecular flexibility index (Phi) is 5.19. The van der Waals surface area contributed by atoms with E-state index in [9.17, 15) is 24.5 Å². The van der Waals surface area contributed by atoms with Crippen molar-refractivity contribution in [1.82, 2.24) is 4.98 Å². The number of amides is 3. The number of hydrogen-bond donors (Lipinski definition) is 1. The number of para-hydroxylation sites is 2. The lowest BCUT2D eigenvalue weighted by Crippen LogP contribution is -2.32. The first-order valence-electron chi connectivity index (χ1n) is 11.0. The van der Waals surface area contributed by atoms with Gasteiger partial charge >= 0.3 is 0 Å². The van der Waals surface area contributed by atoms with Crippen LogP contribution >= 0.6 is 23.1 Å². The van der Waals surface area contributed by atoms with Gasteiger partial charge in [-0.25, -0.2) is 9.88 Å². The number of imide groups is 1. The number of nitro benzene ring substituents is 1. The van der Waals surface area contributed by atoms with E-state index in [1.807, 2.05) is 0 Å². The summed E-state index contributed by atoms with van der Waals surface area (Å²) in [5.74, 6) is -0.785. The third kappa shape index (κ3) is 3.62. The van der Waals surface area contributed by atoms with Crippen molar-refractivity contribution in [3.63, 3.8) is 0 Å². The van der Waals surface area contributed by atoms with E-state index in [0.29, 0.717) is 15.5 Å². The van der Waals surface area contributed by atoms with Crippen LogP contribution in [0.2, 0.25) is 0 Å². The van der Waals surface area contributed by atoms with Crippen LogP contribution in [0.1, 0.15) is 6.42 Å². The van der Waals surface area contributed by atoms with Crippen LogP contribution in [0.4, 0.5) is 17.1 Å². The fraction of sp³-hybridized carbons (Fsp3) is 0.250. The number of carbonyl (C=O) groups excluding carboxylic acids is 3. The van der Waals surface area contributed by atoms with Gasteiger partial charge in [0.25, 0.3) is 5.69 Å². The normalized spacial score (nSPS) is 24.4. The first-order valence-corrected chi connectivity index (χ1v) is 12.8. The topological polar surface area (TPSA) is 123 Å². The Hall–Kier alpha value is -3.57. The highest BCUT2D eigenvalue weighted by atomic mass is 32.2. The molecule has 1 aliphatic heterocycles. The molecule has 2 aliphatic carbocycles. The number of fused-ring (bicyclic) bond motifs is 6. The second kappa shape index (κ2) is 8.28. The van der Waals surface area contributed by atoms with Crippen molar-refractivity contribution in [2.45, 2.75) is 10.8 Å². The number of nitrogens with zero attached hydrogens (tertiary/aromatic N) is 3. The molecule has 3 aromatic rings. The second-order valence-corrected chi connectivity index (χ2v) is 11.0. The van der Waals surface area contributed by atoms with Crippen molar-refractivity contribution >= 4 is 68.1 Å². The van der Waals surface area contributed by atoms with Gasteiger partial charge in [0.05, 0.1) is 38.4 Å². The molecule has 2 heterocycles. The lowest BCUT2D eigenvalue weighted by molar-refractivity contribution is -0.383. The molecule has 1 saturated heterocycles. The molecule has 0 unspecified atom stereocenters. The number of anilines is 2. The van der Waals surface area contributed by atoms with Gasteiger partial charge in [0, 0.05) is 6.07 Å². The van der Waals surface area contributed by atoms with Crippen molar-refractivity contribution in [2.75, 3.05) is 16.0 Å². The van der Waals surface area contributed by atoms with Crippen LogP contribution in [0.25, 0.3) is 10.2 Å². The van der Waals surface area contributed by atoms with Gasteiger partial charge in [-0.3, -0.25) is 24.5 Å². The van der Waals surface area contributed by atoms with E-state index >= 15 is 0 Å². The van der Waals surface area contributed by atoms with Crippen LogP contribution in [-0.4, -0.2) is 33.4 Å². The van der Waals surface area contributed by atoms with E-state index in [1.165, 1.54) is 46.2 Å². The molecule has 35 heavy (non-hydrogen) atoms. The minimum absolute atomic E-state index is 0.0287. The maximum atomic E-state index is 13.1. The maximum Gasteiger partial charge on any atom is 0.292 e. The SMILES string of the molecule is O=C(CSc1nc2ccc(N3C(=O)[C@H]4[C@H](C3=O)[C@H]3C=C[C@H]4C3)cc2s1)Nc1ccccc1[N+](=O)[O-]. The van der Waals surface area contributed by atoms with Crippen LogP contribution in [0.15, 0.2) is 59.0 Å². The zero-order chi connectivity index (χ0) is 24.3. The number of benzene rings is 2. The summed E-state index contributed by atoms with van der Waals surface area (Å²) in [6.45, 7) is 0. The zero-order valence-corrected chi connectivity index (χ0v) is 19.8. The predicted octanol–water partition coefficient (Wildman–Crippen LogP) is 4.25. The van der Waals surface area contributed by atoms with Gasteiger partial charge in [-0.2, -0.15) is 0 Å². The Morgan fingerprint density at radius 2 is 1.86 bits per heavy atom. The Bertz CT molecular complexity index is 1420. The summed E-state index contributed by atoms with van der Waals surface area (Å²) >= 11 is 2.58. The second-order valence-electron chi connectivity index (χ2n) is 8.75. The number of thiazole rings is 1. The third-order valence-electron chi connectivity index (χ3n) is 6.78. The van der Waals surface area contributed by atoms with Gasteiger partial charge in [-0.15, -0.1) is 11.3 Å². The molecule has 11 heteroatoms. The van der Waals surface area contributed by atoms with Crippen LogP contribution in [0.3, 0.4) is 0 Å². The van der Waals surface area contributed by atoms with Gasteiger partial charge < -0.3 is 5.32 Å². The van der Waals surface area contributed by atoms with Crippen LogP contribution in [0.5, 0.6) is 0 Å². The van der Waals surface area contributed by atoms with Crippen LogP contribution in [0, 0.1) is 33.8 Å². The summed E-state index contributed by atoms with van der Waals surface area (Å²) in [7, 11) is 0. The number of hydrogen-bond acceptors (Lipinski definition) is 8. The molecule has 176 valence electrons. The number of thioether (sulfide) groups is 1. The molecule has 0 spiro atoms. The Balaban J connectivity index is 1.16. The number of allylic oxidation sites excluding steroid dienone is 2. The van der Waals surface area contributed by atoms with E-state index in [1.54, 1.807) is 24.3 Å². The van der Waals surface area contributed by atoms with E-state index in [4.69, 9.17) is 0 Å². The number of carbonyl (C=O) groups is 3. The van der Waals surface area contributed by atoms with E-state index < -0.39 is 4.92 Å². The van der Waals surface area contributed by atoms with E-state index in [2.05, 4.69) is 22.5 Å². The molecule has 6 rings (SSSR count). The molecular weight excluding hydrogens is 488 g/mol. The minimum atomic E-state index is -0.543. The third-order valence-corrected chi connectivity index (χ3v) is 8.94. The molecular formula is C24H18N4O5S2. The van der Waals surface area contributed by atoms with E-state index in [-0.39, 0.29) is 58.5 Å². The Morgan fingerprint density at radius 1 is 1.14 bits per heavy atom. The predicted molar refractivity (Wildman–Crippen MR) is 132 cm³/mol. The minimum Gasteiger partial charge on any atom is -0.320 e. The lowest BCUT2D eigenvalue weighted by atomic mass is 9.85. The van der Waals surface area contributed by atoms with Gasteiger partial charge in [0.2, 0.25) is 17.7 Å². The molecule has 4 atom stereocenters. The van der Waals surface area contributed by atoms with E-state index in [0.717, 1.165) is 11.1 Å². The number of nitrogens with one attached hydrogen (secondary N) is 1. The molecule has 1 aromatic heterocycles. The summed E-state index contributed by atoms with van der Waals surface area (Å²) < 4.78 is 1.45. The molecule has 1 N–H and O–H groups in total. The molecule has 9 nitrogen and oxygen atoms in total. The highest BCUT2D eigenvalue weighted by Crippen LogP contribution is 2.53. The number of aromatic nitrogens is 1. The first kappa shape index (κ1) is 21.9. The fourth-order valence-corrected chi connectivity index (χ4v) is 7.20. The molecule has 2 bridgehead atoms. The van der Waals surface area contributed by atoms with Crippen LogP contribution in [-0.2, 0) is 14.4 Å². The largest absolute Gasteiger partial charge is 0.320 e. The smallest absolute Gasteiger partial charge is 0.292 e. The number of rotatable bonds is 6. The molecule has 3 aliphatic rings. The summed E-state index contributed by atoms with van der Waals surface area (Å²) in [6, 6.07) is 11.3. The summed E-state index contributed by atoms with van der Waals surface area (Å²) in [4.78, 5) is 55.0. The standard InChI is InChI=1S/C24H18N4O5S2/c29-19(25-15-3-1-2-4-17(15)28(32)33)11-34-24-26-16-8-7-14(10-18(16)35-24)27-22(30)20-12-5-6-13(9-12)21(20)23(27)31/h1-8,10,12-13,20-21H,9,11H2,(H,25,29)/t12-,13-,20+,21+/m0/s1.